The maximum Gasteiger partial charge on any atom is 0.471 e. The number of carbonyl (C=O) groups is 1. The first kappa shape index (κ1) is 14.5. The van der Waals surface area contributed by atoms with Gasteiger partial charge in [-0.25, -0.2) is 0 Å². The summed E-state index contributed by atoms with van der Waals surface area (Å²) in [5.41, 5.74) is 7.04. The number of nitrogens with zero attached hydrogens (tertiary/aromatic N) is 1. The van der Waals surface area contributed by atoms with Crippen LogP contribution in [0.25, 0.3) is 0 Å². The first-order valence-corrected chi connectivity index (χ1v) is 5.43. The molecule has 2 N–H and O–H groups in total. The lowest BCUT2D eigenvalue weighted by Crippen LogP contribution is -2.44. The van der Waals surface area contributed by atoms with Crippen LogP contribution >= 0.6 is 0 Å². The molecule has 0 fully saturated rings. The van der Waals surface area contributed by atoms with Crippen molar-refractivity contribution in [3.63, 3.8) is 0 Å². The van der Waals surface area contributed by atoms with Gasteiger partial charge >= 0.3 is 12.1 Å². The number of amides is 1. The average molecular weight is 260 g/mol. The standard InChI is InChI=1S/C12H15F3N2O/c1-8-3-4-10(9(2)7-8)17(6-5-16)11(18)12(13,14)15/h3-4,7H,5-6,16H2,1-2H3. The van der Waals surface area contributed by atoms with Gasteiger partial charge in [0, 0.05) is 18.8 Å². The second-order valence-corrected chi connectivity index (χ2v) is 4.03. The van der Waals surface area contributed by atoms with Gasteiger partial charge in [-0.1, -0.05) is 17.7 Å². The molecule has 1 aromatic rings. The Bertz CT molecular complexity index is 443. The van der Waals surface area contributed by atoms with Crippen LogP contribution in [-0.2, 0) is 4.79 Å². The Kier molecular flexibility index (Phi) is 4.34. The molecule has 0 saturated carbocycles. The zero-order valence-electron chi connectivity index (χ0n) is 10.2. The van der Waals surface area contributed by atoms with Crippen molar-refractivity contribution in [3.8, 4) is 0 Å². The third-order valence-electron chi connectivity index (χ3n) is 2.48. The molecule has 0 atom stereocenters. The van der Waals surface area contributed by atoms with E-state index in [1.807, 2.05) is 6.92 Å². The quantitative estimate of drug-likeness (QED) is 0.905. The lowest BCUT2D eigenvalue weighted by Gasteiger charge is -2.25. The normalized spacial score (nSPS) is 11.4. The summed E-state index contributed by atoms with van der Waals surface area (Å²) < 4.78 is 37.5. The summed E-state index contributed by atoms with van der Waals surface area (Å²) in [5, 5.41) is 0. The predicted molar refractivity (Wildman–Crippen MR) is 63.4 cm³/mol. The van der Waals surface area contributed by atoms with Gasteiger partial charge in [0.2, 0.25) is 0 Å². The first-order chi connectivity index (χ1) is 8.27. The van der Waals surface area contributed by atoms with Gasteiger partial charge in [-0.3, -0.25) is 4.79 Å². The van der Waals surface area contributed by atoms with Crippen molar-refractivity contribution in [2.75, 3.05) is 18.0 Å². The molecular formula is C12H15F3N2O. The number of nitrogens with two attached hydrogens (primary N) is 1. The molecule has 0 aliphatic rings. The molecule has 1 rings (SSSR count). The van der Waals surface area contributed by atoms with E-state index in [1.54, 1.807) is 19.1 Å². The van der Waals surface area contributed by atoms with Crippen LogP contribution in [0, 0.1) is 13.8 Å². The van der Waals surface area contributed by atoms with Crippen LogP contribution in [0.4, 0.5) is 18.9 Å². The molecule has 3 nitrogen and oxygen atoms in total. The molecule has 0 aliphatic carbocycles. The Hall–Kier alpha value is -1.56. The highest BCUT2D eigenvalue weighted by Gasteiger charge is 2.43. The van der Waals surface area contributed by atoms with Crippen LogP contribution in [0.15, 0.2) is 18.2 Å². The molecule has 0 aromatic heterocycles. The number of aryl methyl sites for hydroxylation is 2. The molecule has 100 valence electrons. The van der Waals surface area contributed by atoms with Gasteiger partial charge in [0.25, 0.3) is 0 Å². The lowest BCUT2D eigenvalue weighted by molar-refractivity contribution is -0.170. The number of rotatable bonds is 3. The highest BCUT2D eigenvalue weighted by Crippen LogP contribution is 2.26. The van der Waals surface area contributed by atoms with Gasteiger partial charge in [0.15, 0.2) is 0 Å². The first-order valence-electron chi connectivity index (χ1n) is 5.43. The molecule has 1 aromatic carbocycles. The number of hydrogen-bond donors (Lipinski definition) is 1. The number of carbonyl (C=O) groups excluding carboxylic acids is 1. The number of benzene rings is 1. The van der Waals surface area contributed by atoms with Crippen LogP contribution in [0.1, 0.15) is 11.1 Å². The Morgan fingerprint density at radius 3 is 2.39 bits per heavy atom. The summed E-state index contributed by atoms with van der Waals surface area (Å²) in [6.45, 7) is 3.29. The van der Waals surface area contributed by atoms with Gasteiger partial charge in [-0.15, -0.1) is 0 Å². The highest BCUT2D eigenvalue weighted by molar-refractivity contribution is 5.97. The zero-order valence-corrected chi connectivity index (χ0v) is 10.2. The summed E-state index contributed by atoms with van der Waals surface area (Å²) in [4.78, 5) is 12.0. The molecule has 0 aliphatic heterocycles. The van der Waals surface area contributed by atoms with E-state index in [1.165, 1.54) is 6.07 Å². The summed E-state index contributed by atoms with van der Waals surface area (Å²) in [7, 11) is 0. The topological polar surface area (TPSA) is 46.3 Å². The zero-order chi connectivity index (χ0) is 13.9. The molecule has 1 amide bonds. The molecule has 0 bridgehead atoms. The van der Waals surface area contributed by atoms with E-state index < -0.39 is 12.1 Å². The van der Waals surface area contributed by atoms with Crippen LogP contribution in [-0.4, -0.2) is 25.2 Å². The van der Waals surface area contributed by atoms with Crippen molar-refractivity contribution in [2.45, 2.75) is 20.0 Å². The summed E-state index contributed by atoms with van der Waals surface area (Å²) in [6.07, 6.45) is -4.90. The van der Waals surface area contributed by atoms with Crippen molar-refractivity contribution < 1.29 is 18.0 Å². The Balaban J connectivity index is 3.16. The van der Waals surface area contributed by atoms with Gasteiger partial charge in [0.1, 0.15) is 0 Å². The van der Waals surface area contributed by atoms with Gasteiger partial charge < -0.3 is 10.6 Å². The van der Waals surface area contributed by atoms with Crippen molar-refractivity contribution in [2.24, 2.45) is 5.73 Å². The maximum atomic E-state index is 12.5. The minimum atomic E-state index is -4.90. The van der Waals surface area contributed by atoms with Crippen molar-refractivity contribution in [1.29, 1.82) is 0 Å². The van der Waals surface area contributed by atoms with Gasteiger partial charge in [-0.2, -0.15) is 13.2 Å². The van der Waals surface area contributed by atoms with Crippen LogP contribution < -0.4 is 10.6 Å². The number of anilines is 1. The molecule has 18 heavy (non-hydrogen) atoms. The number of halogens is 3. The minimum absolute atomic E-state index is 0.0326. The molecule has 6 heteroatoms. The second-order valence-electron chi connectivity index (χ2n) is 4.03. The minimum Gasteiger partial charge on any atom is -0.329 e. The predicted octanol–water partition coefficient (Wildman–Crippen LogP) is 2.16. The van der Waals surface area contributed by atoms with Crippen molar-refractivity contribution in [3.05, 3.63) is 29.3 Å². The van der Waals surface area contributed by atoms with Gasteiger partial charge in [-0.05, 0) is 25.5 Å². The molecule has 0 radical (unpaired) electrons. The summed E-state index contributed by atoms with van der Waals surface area (Å²) in [6, 6.07) is 4.89. The molecule has 0 saturated heterocycles. The van der Waals surface area contributed by atoms with E-state index in [2.05, 4.69) is 0 Å². The summed E-state index contributed by atoms with van der Waals surface area (Å²) >= 11 is 0. The third-order valence-corrected chi connectivity index (χ3v) is 2.48. The van der Waals surface area contributed by atoms with Crippen LogP contribution in [0.3, 0.4) is 0 Å². The second kappa shape index (κ2) is 5.39. The summed E-state index contributed by atoms with van der Waals surface area (Å²) in [5.74, 6) is -1.89. The lowest BCUT2D eigenvalue weighted by atomic mass is 10.1. The molecule has 0 spiro atoms. The smallest absolute Gasteiger partial charge is 0.329 e. The van der Waals surface area contributed by atoms with Crippen LogP contribution in [0.5, 0.6) is 0 Å². The Morgan fingerprint density at radius 1 is 1.33 bits per heavy atom. The number of hydrogen-bond acceptors (Lipinski definition) is 2. The monoisotopic (exact) mass is 260 g/mol. The number of alkyl halides is 3. The van der Waals surface area contributed by atoms with E-state index in [-0.39, 0.29) is 18.8 Å². The Morgan fingerprint density at radius 2 is 1.94 bits per heavy atom. The largest absolute Gasteiger partial charge is 0.471 e. The fourth-order valence-electron chi connectivity index (χ4n) is 1.72. The molecular weight excluding hydrogens is 245 g/mol. The van der Waals surface area contributed by atoms with Crippen molar-refractivity contribution in [1.82, 2.24) is 0 Å². The molecule has 0 unspecified atom stereocenters. The van der Waals surface area contributed by atoms with E-state index in [9.17, 15) is 18.0 Å². The fourth-order valence-corrected chi connectivity index (χ4v) is 1.72. The third kappa shape index (κ3) is 3.22. The van der Waals surface area contributed by atoms with E-state index in [4.69, 9.17) is 5.73 Å². The maximum absolute atomic E-state index is 12.5. The van der Waals surface area contributed by atoms with E-state index in [0.717, 1.165) is 5.56 Å². The average Bonchev–Trinajstić information content (AvgIpc) is 2.24. The molecule has 0 heterocycles. The Labute approximate surface area is 103 Å². The van der Waals surface area contributed by atoms with Crippen molar-refractivity contribution >= 4 is 11.6 Å². The SMILES string of the molecule is Cc1ccc(N(CCN)C(=O)C(F)(F)F)c(C)c1. The fraction of sp³-hybridized carbons (Fsp3) is 0.417. The highest BCUT2D eigenvalue weighted by atomic mass is 19.4. The van der Waals surface area contributed by atoms with E-state index >= 15 is 0 Å². The van der Waals surface area contributed by atoms with E-state index in [0.29, 0.717) is 10.5 Å². The van der Waals surface area contributed by atoms with Gasteiger partial charge in [0.05, 0.1) is 0 Å². The van der Waals surface area contributed by atoms with Crippen LogP contribution in [0.2, 0.25) is 0 Å².